The quantitative estimate of drug-likeness (QED) is 0.387. The summed E-state index contributed by atoms with van der Waals surface area (Å²) in [5.41, 5.74) is 5.59. The van der Waals surface area contributed by atoms with Gasteiger partial charge in [-0.25, -0.2) is 0 Å². The SMILES string of the molecule is CCC(C)(OC)C(=CC(=N)Cl)C(N)=CO. The fraction of sp³-hybridized carbons (Fsp3) is 0.500. The summed E-state index contributed by atoms with van der Waals surface area (Å²) in [7, 11) is 1.54. The summed E-state index contributed by atoms with van der Waals surface area (Å²) in [6.45, 7) is 3.73. The van der Waals surface area contributed by atoms with Crippen molar-refractivity contribution in [3.05, 3.63) is 23.6 Å². The van der Waals surface area contributed by atoms with Crippen molar-refractivity contribution in [3.63, 3.8) is 0 Å². The van der Waals surface area contributed by atoms with Crippen LogP contribution in [0, 0.1) is 5.41 Å². The highest BCUT2D eigenvalue weighted by molar-refractivity contribution is 6.67. The largest absolute Gasteiger partial charge is 0.513 e. The summed E-state index contributed by atoms with van der Waals surface area (Å²) in [4.78, 5) is 0. The van der Waals surface area contributed by atoms with Crippen molar-refractivity contribution < 1.29 is 9.84 Å². The van der Waals surface area contributed by atoms with Crippen LogP contribution in [0.4, 0.5) is 0 Å². The van der Waals surface area contributed by atoms with Crippen LogP contribution in [0.2, 0.25) is 0 Å². The lowest BCUT2D eigenvalue weighted by molar-refractivity contribution is 0.0367. The first kappa shape index (κ1) is 14.0. The lowest BCUT2D eigenvalue weighted by Crippen LogP contribution is -2.32. The van der Waals surface area contributed by atoms with Gasteiger partial charge in [0.05, 0.1) is 11.3 Å². The number of halogens is 1. The lowest BCUT2D eigenvalue weighted by atomic mass is 9.90. The molecule has 0 heterocycles. The Labute approximate surface area is 94.9 Å². The highest BCUT2D eigenvalue weighted by Gasteiger charge is 2.28. The van der Waals surface area contributed by atoms with E-state index in [9.17, 15) is 0 Å². The zero-order valence-corrected chi connectivity index (χ0v) is 9.93. The molecule has 0 aromatic rings. The number of nitrogens with two attached hydrogens (primary N) is 1. The molecule has 0 aliphatic carbocycles. The van der Waals surface area contributed by atoms with Gasteiger partial charge in [0.1, 0.15) is 11.4 Å². The highest BCUT2D eigenvalue weighted by atomic mass is 35.5. The zero-order valence-electron chi connectivity index (χ0n) is 9.17. The van der Waals surface area contributed by atoms with Gasteiger partial charge in [0, 0.05) is 12.7 Å². The Morgan fingerprint density at radius 1 is 1.67 bits per heavy atom. The van der Waals surface area contributed by atoms with E-state index >= 15 is 0 Å². The monoisotopic (exact) mass is 232 g/mol. The van der Waals surface area contributed by atoms with Crippen LogP contribution in [-0.4, -0.2) is 23.0 Å². The van der Waals surface area contributed by atoms with E-state index in [1.807, 2.05) is 13.8 Å². The minimum Gasteiger partial charge on any atom is -0.513 e. The third-order valence-corrected chi connectivity index (χ3v) is 2.53. The molecule has 0 spiro atoms. The normalized spacial score (nSPS) is 17.3. The highest BCUT2D eigenvalue weighted by Crippen LogP contribution is 2.28. The fourth-order valence-corrected chi connectivity index (χ4v) is 1.29. The number of ether oxygens (including phenoxy) is 1. The third kappa shape index (κ3) is 3.57. The Bertz CT molecular complexity index is 294. The van der Waals surface area contributed by atoms with Crippen LogP contribution in [-0.2, 0) is 4.74 Å². The molecule has 0 aliphatic heterocycles. The topological polar surface area (TPSA) is 79.3 Å². The second-order valence-corrected chi connectivity index (χ2v) is 3.69. The Balaban J connectivity index is 5.38. The van der Waals surface area contributed by atoms with E-state index in [0.29, 0.717) is 12.0 Å². The first-order chi connectivity index (χ1) is 6.91. The number of rotatable bonds is 5. The molecule has 5 heteroatoms. The number of hydrogen-bond donors (Lipinski definition) is 3. The predicted molar refractivity (Wildman–Crippen MR) is 62.3 cm³/mol. The molecular weight excluding hydrogens is 216 g/mol. The number of aliphatic hydroxyl groups excluding tert-OH is 1. The van der Waals surface area contributed by atoms with Gasteiger partial charge < -0.3 is 15.6 Å². The Kier molecular flexibility index (Phi) is 5.39. The summed E-state index contributed by atoms with van der Waals surface area (Å²) in [5, 5.41) is 15.9. The number of nitrogens with one attached hydrogen (secondary N) is 1. The van der Waals surface area contributed by atoms with Gasteiger partial charge in [-0.1, -0.05) is 18.5 Å². The van der Waals surface area contributed by atoms with E-state index in [1.54, 1.807) is 7.11 Å². The Morgan fingerprint density at radius 2 is 2.20 bits per heavy atom. The molecule has 0 aromatic carbocycles. The molecule has 0 saturated carbocycles. The van der Waals surface area contributed by atoms with Gasteiger partial charge in [0.15, 0.2) is 0 Å². The van der Waals surface area contributed by atoms with E-state index in [-0.39, 0.29) is 10.9 Å². The predicted octanol–water partition coefficient (Wildman–Crippen LogP) is 2.30. The van der Waals surface area contributed by atoms with Crippen LogP contribution >= 0.6 is 11.6 Å². The molecule has 0 aliphatic rings. The third-order valence-electron chi connectivity index (χ3n) is 2.42. The molecule has 1 atom stereocenters. The molecule has 86 valence electrons. The zero-order chi connectivity index (χ0) is 12.1. The summed E-state index contributed by atoms with van der Waals surface area (Å²) >= 11 is 5.48. The van der Waals surface area contributed by atoms with Crippen molar-refractivity contribution in [2.24, 2.45) is 5.73 Å². The van der Waals surface area contributed by atoms with Crippen molar-refractivity contribution in [2.75, 3.05) is 7.11 Å². The number of hydrogen-bond acceptors (Lipinski definition) is 4. The Hall–Kier alpha value is -1.00. The molecule has 1 unspecified atom stereocenters. The number of aliphatic hydroxyl groups is 1. The van der Waals surface area contributed by atoms with Crippen molar-refractivity contribution in [2.45, 2.75) is 25.9 Å². The fourth-order valence-electron chi connectivity index (χ4n) is 1.18. The van der Waals surface area contributed by atoms with Gasteiger partial charge in [-0.15, -0.1) is 0 Å². The summed E-state index contributed by atoms with van der Waals surface area (Å²) in [6, 6.07) is 0. The maximum atomic E-state index is 8.88. The van der Waals surface area contributed by atoms with Gasteiger partial charge in [0.2, 0.25) is 0 Å². The van der Waals surface area contributed by atoms with E-state index in [4.69, 9.17) is 32.6 Å². The van der Waals surface area contributed by atoms with E-state index in [0.717, 1.165) is 6.26 Å². The standard InChI is InChI=1S/C10H17ClN2O2/c1-4-10(2,15-3)7(5-9(11)13)8(12)6-14/h5-6,13-14H,4,12H2,1-3H3. The van der Waals surface area contributed by atoms with Crippen molar-refractivity contribution in [3.8, 4) is 0 Å². The molecule has 0 radical (unpaired) electrons. The number of allylic oxidation sites excluding steroid dienone is 1. The van der Waals surface area contributed by atoms with Crippen molar-refractivity contribution in [1.29, 1.82) is 5.41 Å². The maximum Gasteiger partial charge on any atom is 0.121 e. The van der Waals surface area contributed by atoms with Crippen LogP contribution in [0.5, 0.6) is 0 Å². The molecular formula is C10H17ClN2O2. The van der Waals surface area contributed by atoms with Gasteiger partial charge >= 0.3 is 0 Å². The molecule has 0 saturated heterocycles. The second-order valence-electron chi connectivity index (χ2n) is 3.28. The van der Waals surface area contributed by atoms with E-state index in [2.05, 4.69) is 0 Å². The van der Waals surface area contributed by atoms with Crippen LogP contribution in [0.1, 0.15) is 20.3 Å². The molecule has 0 amide bonds. The maximum absolute atomic E-state index is 8.88. The molecule has 0 rings (SSSR count). The van der Waals surface area contributed by atoms with Gasteiger partial charge in [0.25, 0.3) is 0 Å². The van der Waals surface area contributed by atoms with Gasteiger partial charge in [-0.3, -0.25) is 5.41 Å². The molecule has 4 N–H and O–H groups in total. The van der Waals surface area contributed by atoms with Crippen molar-refractivity contribution in [1.82, 2.24) is 0 Å². The first-order valence-electron chi connectivity index (χ1n) is 4.52. The lowest BCUT2D eigenvalue weighted by Gasteiger charge is -2.29. The Morgan fingerprint density at radius 3 is 2.47 bits per heavy atom. The molecule has 4 nitrogen and oxygen atoms in total. The first-order valence-corrected chi connectivity index (χ1v) is 4.90. The van der Waals surface area contributed by atoms with E-state index < -0.39 is 5.60 Å². The molecule has 15 heavy (non-hydrogen) atoms. The minimum atomic E-state index is -0.662. The summed E-state index contributed by atoms with van der Waals surface area (Å²) in [6.07, 6.45) is 2.79. The van der Waals surface area contributed by atoms with Crippen LogP contribution < -0.4 is 5.73 Å². The second kappa shape index (κ2) is 5.78. The van der Waals surface area contributed by atoms with Crippen LogP contribution in [0.25, 0.3) is 0 Å². The smallest absolute Gasteiger partial charge is 0.121 e. The minimum absolute atomic E-state index is 0.145. The van der Waals surface area contributed by atoms with E-state index in [1.165, 1.54) is 6.08 Å². The van der Waals surface area contributed by atoms with Gasteiger partial charge in [-0.2, -0.15) is 0 Å². The molecule has 0 aromatic heterocycles. The molecule has 0 fully saturated rings. The van der Waals surface area contributed by atoms with Gasteiger partial charge in [-0.05, 0) is 19.4 Å². The molecule has 0 bridgehead atoms. The number of methoxy groups -OCH3 is 1. The van der Waals surface area contributed by atoms with Crippen LogP contribution in [0.15, 0.2) is 23.6 Å². The summed E-state index contributed by atoms with van der Waals surface area (Å²) in [5.74, 6) is 0. The van der Waals surface area contributed by atoms with Crippen molar-refractivity contribution >= 4 is 16.8 Å². The summed E-state index contributed by atoms with van der Waals surface area (Å²) < 4.78 is 5.32. The average Bonchev–Trinajstić information content (AvgIpc) is 2.23. The average molecular weight is 233 g/mol. The van der Waals surface area contributed by atoms with Crippen LogP contribution in [0.3, 0.4) is 0 Å².